The van der Waals surface area contributed by atoms with Gasteiger partial charge in [0.05, 0.1) is 5.69 Å². The van der Waals surface area contributed by atoms with Gasteiger partial charge in [-0.3, -0.25) is 4.79 Å². The highest BCUT2D eigenvalue weighted by Gasteiger charge is 2.22. The summed E-state index contributed by atoms with van der Waals surface area (Å²) in [6.07, 6.45) is 0.315. The topological polar surface area (TPSA) is 72.7 Å². The molecule has 0 fully saturated rings. The average molecular weight is 359 g/mol. The Kier molecular flexibility index (Phi) is 4.66. The molecular formula is C18H15F2N3O3. The summed E-state index contributed by atoms with van der Waals surface area (Å²) < 4.78 is 33.3. The van der Waals surface area contributed by atoms with Crippen molar-refractivity contribution in [1.82, 2.24) is 9.38 Å². The molecule has 0 unspecified atom stereocenters. The monoisotopic (exact) mass is 359 g/mol. The highest BCUT2D eigenvalue weighted by molar-refractivity contribution is 5.97. The number of nitrogens with one attached hydrogen (secondary N) is 1. The number of imidazole rings is 1. The number of nitrogens with zero attached hydrogens (tertiary/aromatic N) is 2. The number of benzene rings is 1. The minimum Gasteiger partial charge on any atom is -0.448 e. The van der Waals surface area contributed by atoms with Gasteiger partial charge in [0.25, 0.3) is 5.91 Å². The second-order valence-corrected chi connectivity index (χ2v) is 5.68. The summed E-state index contributed by atoms with van der Waals surface area (Å²) in [7, 11) is 0. The van der Waals surface area contributed by atoms with Crippen LogP contribution in [0.5, 0.6) is 0 Å². The molecule has 1 atom stereocenters. The number of aryl methyl sites for hydroxylation is 1. The Bertz CT molecular complexity index is 1000. The van der Waals surface area contributed by atoms with E-state index in [4.69, 9.17) is 4.74 Å². The van der Waals surface area contributed by atoms with Gasteiger partial charge in [-0.05, 0) is 38.1 Å². The standard InChI is InChI=1S/C18H15F2N3O3/c1-10-4-3-5-16-21-15(9-23(10)16)18(25)26-11(2)17(24)22-14-7-6-12(19)8-13(14)20/h3-9,11H,1-2H3,(H,22,24)/t11-/m1/s1. The van der Waals surface area contributed by atoms with Crippen LogP contribution in [0.25, 0.3) is 5.65 Å². The predicted molar refractivity (Wildman–Crippen MR) is 89.8 cm³/mol. The molecule has 1 amide bonds. The lowest BCUT2D eigenvalue weighted by atomic mass is 10.2. The minimum atomic E-state index is -1.20. The van der Waals surface area contributed by atoms with Crippen LogP contribution in [0.2, 0.25) is 0 Å². The maximum atomic E-state index is 13.6. The summed E-state index contributed by atoms with van der Waals surface area (Å²) in [5, 5.41) is 2.25. The van der Waals surface area contributed by atoms with Crippen LogP contribution < -0.4 is 5.32 Å². The third kappa shape index (κ3) is 3.53. The SMILES string of the molecule is Cc1cccc2nc(C(=O)O[C@H](C)C(=O)Nc3ccc(F)cc3F)cn12. The second-order valence-electron chi connectivity index (χ2n) is 5.68. The fourth-order valence-corrected chi connectivity index (χ4v) is 2.35. The highest BCUT2D eigenvalue weighted by atomic mass is 19.1. The van der Waals surface area contributed by atoms with Gasteiger partial charge < -0.3 is 14.5 Å². The Labute approximate surface area is 147 Å². The second kappa shape index (κ2) is 6.91. The van der Waals surface area contributed by atoms with Gasteiger partial charge in [0.2, 0.25) is 0 Å². The Morgan fingerprint density at radius 3 is 2.69 bits per heavy atom. The molecule has 134 valence electrons. The number of rotatable bonds is 4. The van der Waals surface area contributed by atoms with E-state index < -0.39 is 29.6 Å². The van der Waals surface area contributed by atoms with Crippen LogP contribution in [-0.4, -0.2) is 27.4 Å². The largest absolute Gasteiger partial charge is 0.448 e. The minimum absolute atomic E-state index is 0.0481. The molecule has 1 aromatic carbocycles. The molecule has 1 N–H and O–H groups in total. The number of carbonyl (C=O) groups is 2. The smallest absolute Gasteiger partial charge is 0.359 e. The lowest BCUT2D eigenvalue weighted by molar-refractivity contribution is -0.123. The molecule has 0 radical (unpaired) electrons. The van der Waals surface area contributed by atoms with Gasteiger partial charge in [-0.25, -0.2) is 18.6 Å². The van der Waals surface area contributed by atoms with E-state index in [0.717, 1.165) is 17.8 Å². The number of hydrogen-bond donors (Lipinski definition) is 1. The van der Waals surface area contributed by atoms with Gasteiger partial charge in [0.1, 0.15) is 17.3 Å². The maximum Gasteiger partial charge on any atom is 0.359 e. The van der Waals surface area contributed by atoms with E-state index in [1.54, 1.807) is 16.5 Å². The number of carbonyl (C=O) groups excluding carboxylic acids is 2. The molecule has 0 aliphatic heterocycles. The van der Waals surface area contributed by atoms with Crippen LogP contribution in [0.1, 0.15) is 23.1 Å². The number of esters is 1. The van der Waals surface area contributed by atoms with Crippen molar-refractivity contribution in [3.63, 3.8) is 0 Å². The number of ether oxygens (including phenoxy) is 1. The molecular weight excluding hydrogens is 344 g/mol. The molecule has 0 spiro atoms. The fraction of sp³-hybridized carbons (Fsp3) is 0.167. The number of pyridine rings is 1. The van der Waals surface area contributed by atoms with E-state index in [0.29, 0.717) is 11.7 Å². The van der Waals surface area contributed by atoms with Crippen LogP contribution >= 0.6 is 0 Å². The summed E-state index contributed by atoms with van der Waals surface area (Å²) in [6, 6.07) is 8.13. The molecule has 0 saturated heterocycles. The predicted octanol–water partition coefficient (Wildman–Crippen LogP) is 3.10. The molecule has 3 aromatic rings. The van der Waals surface area contributed by atoms with E-state index >= 15 is 0 Å². The van der Waals surface area contributed by atoms with Crippen molar-refractivity contribution in [3.8, 4) is 0 Å². The van der Waals surface area contributed by atoms with E-state index in [1.807, 2.05) is 13.0 Å². The summed E-state index contributed by atoms with van der Waals surface area (Å²) in [5.41, 5.74) is 1.30. The maximum absolute atomic E-state index is 13.6. The third-order valence-electron chi connectivity index (χ3n) is 3.75. The molecule has 0 aliphatic carbocycles. The van der Waals surface area contributed by atoms with Crippen LogP contribution in [-0.2, 0) is 9.53 Å². The normalized spacial score (nSPS) is 12.0. The first-order valence-electron chi connectivity index (χ1n) is 7.77. The zero-order valence-corrected chi connectivity index (χ0v) is 14.0. The Morgan fingerprint density at radius 1 is 1.23 bits per heavy atom. The third-order valence-corrected chi connectivity index (χ3v) is 3.75. The van der Waals surface area contributed by atoms with Gasteiger partial charge >= 0.3 is 5.97 Å². The molecule has 2 aromatic heterocycles. The molecule has 3 rings (SSSR count). The number of halogens is 2. The van der Waals surface area contributed by atoms with Crippen molar-refractivity contribution in [1.29, 1.82) is 0 Å². The van der Waals surface area contributed by atoms with Gasteiger partial charge in [-0.2, -0.15) is 0 Å². The zero-order valence-electron chi connectivity index (χ0n) is 14.0. The average Bonchev–Trinajstić information content (AvgIpc) is 3.03. The zero-order chi connectivity index (χ0) is 18.8. The van der Waals surface area contributed by atoms with Crippen molar-refractivity contribution in [2.75, 3.05) is 5.32 Å². The summed E-state index contributed by atoms with van der Waals surface area (Å²) in [5.74, 6) is -3.21. The lowest BCUT2D eigenvalue weighted by Crippen LogP contribution is -2.30. The Hall–Kier alpha value is -3.29. The first-order valence-corrected chi connectivity index (χ1v) is 7.77. The first-order chi connectivity index (χ1) is 12.3. The molecule has 0 saturated carbocycles. The van der Waals surface area contributed by atoms with Crippen LogP contribution in [0.3, 0.4) is 0 Å². The van der Waals surface area contributed by atoms with Gasteiger partial charge in [-0.15, -0.1) is 0 Å². The highest BCUT2D eigenvalue weighted by Crippen LogP contribution is 2.16. The van der Waals surface area contributed by atoms with E-state index in [2.05, 4.69) is 10.3 Å². The Balaban J connectivity index is 1.69. The fourth-order valence-electron chi connectivity index (χ4n) is 2.35. The van der Waals surface area contributed by atoms with E-state index in [9.17, 15) is 18.4 Å². The first kappa shape index (κ1) is 17.5. The number of amides is 1. The van der Waals surface area contributed by atoms with Gasteiger partial charge in [-0.1, -0.05) is 6.07 Å². The summed E-state index contributed by atoms with van der Waals surface area (Å²) in [4.78, 5) is 28.4. The van der Waals surface area contributed by atoms with Crippen molar-refractivity contribution >= 4 is 23.2 Å². The number of fused-ring (bicyclic) bond motifs is 1. The van der Waals surface area contributed by atoms with Crippen LogP contribution in [0.4, 0.5) is 14.5 Å². The van der Waals surface area contributed by atoms with Crippen LogP contribution in [0.15, 0.2) is 42.6 Å². The molecule has 8 heteroatoms. The number of anilines is 1. The van der Waals surface area contributed by atoms with Gasteiger partial charge in [0.15, 0.2) is 11.8 Å². The Morgan fingerprint density at radius 2 is 2.00 bits per heavy atom. The van der Waals surface area contributed by atoms with Crippen molar-refractivity contribution < 1.29 is 23.1 Å². The van der Waals surface area contributed by atoms with Crippen molar-refractivity contribution in [3.05, 3.63) is 65.6 Å². The van der Waals surface area contributed by atoms with Crippen molar-refractivity contribution in [2.24, 2.45) is 0 Å². The summed E-state index contributed by atoms with van der Waals surface area (Å²) in [6.45, 7) is 3.20. The number of aromatic nitrogens is 2. The molecule has 0 bridgehead atoms. The number of hydrogen-bond acceptors (Lipinski definition) is 4. The molecule has 6 nitrogen and oxygen atoms in total. The summed E-state index contributed by atoms with van der Waals surface area (Å²) >= 11 is 0. The molecule has 0 aliphatic rings. The quantitative estimate of drug-likeness (QED) is 0.727. The van der Waals surface area contributed by atoms with Gasteiger partial charge in [0, 0.05) is 18.0 Å². The molecule has 2 heterocycles. The molecule has 26 heavy (non-hydrogen) atoms. The lowest BCUT2D eigenvalue weighted by Gasteiger charge is -2.13. The van der Waals surface area contributed by atoms with E-state index in [-0.39, 0.29) is 11.4 Å². The van der Waals surface area contributed by atoms with Crippen LogP contribution in [0, 0.1) is 18.6 Å². The van der Waals surface area contributed by atoms with E-state index in [1.165, 1.54) is 13.1 Å². The van der Waals surface area contributed by atoms with Crippen molar-refractivity contribution in [2.45, 2.75) is 20.0 Å².